The lowest BCUT2D eigenvalue weighted by Crippen LogP contribution is -2.40. The van der Waals surface area contributed by atoms with Crippen LogP contribution in [0.15, 0.2) is 27.4 Å². The number of aromatic nitrogens is 1. The standard InChI is InChI=1S/C13H16N2O3/c1-2-17-10-5-9(6-10)14-8-3-4-12-11(7-8)15-13(16)18-12/h3-4,7,9-10,14H,2,5-6H2,1H3,(H,15,16). The van der Waals surface area contributed by atoms with Gasteiger partial charge in [-0.1, -0.05) is 0 Å². The molecule has 0 spiro atoms. The number of aromatic amines is 1. The predicted molar refractivity (Wildman–Crippen MR) is 68.9 cm³/mol. The zero-order valence-corrected chi connectivity index (χ0v) is 10.2. The first-order valence-electron chi connectivity index (χ1n) is 6.25. The van der Waals surface area contributed by atoms with Crippen molar-refractivity contribution < 1.29 is 9.15 Å². The van der Waals surface area contributed by atoms with Crippen LogP contribution < -0.4 is 11.1 Å². The van der Waals surface area contributed by atoms with Crippen molar-refractivity contribution in [2.45, 2.75) is 31.9 Å². The second-order valence-corrected chi connectivity index (χ2v) is 4.62. The number of rotatable bonds is 4. The van der Waals surface area contributed by atoms with Gasteiger partial charge in [-0.25, -0.2) is 4.79 Å². The van der Waals surface area contributed by atoms with E-state index < -0.39 is 5.76 Å². The molecular weight excluding hydrogens is 232 g/mol. The maximum Gasteiger partial charge on any atom is 0.417 e. The van der Waals surface area contributed by atoms with Gasteiger partial charge >= 0.3 is 5.76 Å². The third kappa shape index (κ3) is 2.13. The van der Waals surface area contributed by atoms with Gasteiger partial charge in [0.1, 0.15) is 0 Å². The van der Waals surface area contributed by atoms with Gasteiger partial charge in [0.15, 0.2) is 5.58 Å². The fourth-order valence-electron chi connectivity index (χ4n) is 2.33. The molecule has 1 aromatic heterocycles. The minimum absolute atomic E-state index is 0.393. The van der Waals surface area contributed by atoms with Gasteiger partial charge in [0.05, 0.1) is 11.6 Å². The molecule has 0 unspecified atom stereocenters. The predicted octanol–water partition coefficient (Wildman–Crippen LogP) is 2.10. The highest BCUT2D eigenvalue weighted by Gasteiger charge is 2.29. The maximum atomic E-state index is 11.0. The summed E-state index contributed by atoms with van der Waals surface area (Å²) in [6.07, 6.45) is 2.46. The van der Waals surface area contributed by atoms with Gasteiger partial charge in [0.2, 0.25) is 0 Å². The molecule has 18 heavy (non-hydrogen) atoms. The molecular formula is C13H16N2O3. The molecule has 0 aliphatic heterocycles. The molecule has 1 saturated carbocycles. The molecule has 5 heteroatoms. The summed E-state index contributed by atoms with van der Waals surface area (Å²) in [6, 6.07) is 6.08. The van der Waals surface area contributed by atoms with Crippen molar-refractivity contribution in [3.05, 3.63) is 28.7 Å². The van der Waals surface area contributed by atoms with E-state index in [1.807, 2.05) is 19.1 Å². The van der Waals surface area contributed by atoms with E-state index in [0.717, 1.165) is 30.7 Å². The van der Waals surface area contributed by atoms with Crippen molar-refractivity contribution in [3.8, 4) is 0 Å². The molecule has 3 rings (SSSR count). The summed E-state index contributed by atoms with van der Waals surface area (Å²) in [6.45, 7) is 2.80. The van der Waals surface area contributed by atoms with Crippen LogP contribution in [0.3, 0.4) is 0 Å². The van der Waals surface area contributed by atoms with Crippen LogP contribution in [0.1, 0.15) is 19.8 Å². The molecule has 5 nitrogen and oxygen atoms in total. The van der Waals surface area contributed by atoms with Crippen molar-refractivity contribution in [2.24, 2.45) is 0 Å². The van der Waals surface area contributed by atoms with E-state index in [9.17, 15) is 4.79 Å². The largest absolute Gasteiger partial charge is 0.417 e. The fourth-order valence-corrected chi connectivity index (χ4v) is 2.33. The summed E-state index contributed by atoms with van der Waals surface area (Å²) in [5.41, 5.74) is 2.32. The van der Waals surface area contributed by atoms with E-state index in [-0.39, 0.29) is 0 Å². The smallest absolute Gasteiger partial charge is 0.408 e. The van der Waals surface area contributed by atoms with Crippen molar-refractivity contribution in [1.29, 1.82) is 0 Å². The minimum Gasteiger partial charge on any atom is -0.408 e. The Labute approximate surface area is 104 Å². The number of hydrogen-bond acceptors (Lipinski definition) is 4. The van der Waals surface area contributed by atoms with Gasteiger partial charge in [0, 0.05) is 18.3 Å². The Bertz CT molecular complexity index is 596. The number of H-pyrrole nitrogens is 1. The van der Waals surface area contributed by atoms with Gasteiger partial charge in [-0.05, 0) is 38.0 Å². The Hall–Kier alpha value is -1.75. The molecule has 1 aromatic carbocycles. The highest BCUT2D eigenvalue weighted by molar-refractivity contribution is 5.76. The molecule has 1 heterocycles. The monoisotopic (exact) mass is 248 g/mol. The van der Waals surface area contributed by atoms with Crippen molar-refractivity contribution in [3.63, 3.8) is 0 Å². The number of hydrogen-bond donors (Lipinski definition) is 2. The van der Waals surface area contributed by atoms with Gasteiger partial charge < -0.3 is 14.5 Å². The van der Waals surface area contributed by atoms with Crippen LogP contribution in [0.25, 0.3) is 11.1 Å². The summed E-state index contributed by atoms with van der Waals surface area (Å²) in [7, 11) is 0. The van der Waals surface area contributed by atoms with E-state index in [1.165, 1.54) is 0 Å². The quantitative estimate of drug-likeness (QED) is 0.869. The minimum atomic E-state index is -0.415. The van der Waals surface area contributed by atoms with Crippen LogP contribution in [0.2, 0.25) is 0 Å². The maximum absolute atomic E-state index is 11.0. The van der Waals surface area contributed by atoms with Gasteiger partial charge in [0.25, 0.3) is 0 Å². The number of ether oxygens (including phenoxy) is 1. The molecule has 0 saturated heterocycles. The average molecular weight is 248 g/mol. The Morgan fingerprint density at radius 1 is 1.50 bits per heavy atom. The van der Waals surface area contributed by atoms with E-state index in [0.29, 0.717) is 17.7 Å². The third-order valence-electron chi connectivity index (χ3n) is 3.29. The van der Waals surface area contributed by atoms with Crippen LogP contribution in [0.5, 0.6) is 0 Å². The fraction of sp³-hybridized carbons (Fsp3) is 0.462. The highest BCUT2D eigenvalue weighted by atomic mass is 16.5. The van der Waals surface area contributed by atoms with E-state index in [4.69, 9.17) is 9.15 Å². The number of anilines is 1. The van der Waals surface area contributed by atoms with Crippen molar-refractivity contribution >= 4 is 16.8 Å². The summed E-state index contributed by atoms with van der Waals surface area (Å²) in [5.74, 6) is -0.415. The topological polar surface area (TPSA) is 67.3 Å². The van der Waals surface area contributed by atoms with Crippen molar-refractivity contribution in [2.75, 3.05) is 11.9 Å². The summed E-state index contributed by atoms with van der Waals surface area (Å²) in [4.78, 5) is 13.7. The molecule has 1 aliphatic carbocycles. The molecule has 2 N–H and O–H groups in total. The third-order valence-corrected chi connectivity index (χ3v) is 3.29. The molecule has 0 radical (unpaired) electrons. The van der Waals surface area contributed by atoms with Crippen molar-refractivity contribution in [1.82, 2.24) is 4.98 Å². The number of nitrogens with one attached hydrogen (secondary N) is 2. The van der Waals surface area contributed by atoms with Crippen LogP contribution in [0.4, 0.5) is 5.69 Å². The van der Waals surface area contributed by atoms with Gasteiger partial charge in [-0.2, -0.15) is 0 Å². The number of oxazole rings is 1. The Morgan fingerprint density at radius 3 is 3.11 bits per heavy atom. The molecule has 96 valence electrons. The second-order valence-electron chi connectivity index (χ2n) is 4.62. The highest BCUT2D eigenvalue weighted by Crippen LogP contribution is 2.27. The first kappa shape index (κ1) is 11.3. The van der Waals surface area contributed by atoms with Gasteiger partial charge in [-0.15, -0.1) is 0 Å². The van der Waals surface area contributed by atoms with Crippen LogP contribution in [0, 0.1) is 0 Å². The molecule has 0 amide bonds. The zero-order chi connectivity index (χ0) is 12.5. The lowest BCUT2D eigenvalue weighted by Gasteiger charge is -2.36. The normalized spacial score (nSPS) is 22.9. The number of fused-ring (bicyclic) bond motifs is 1. The van der Waals surface area contributed by atoms with Crippen LogP contribution >= 0.6 is 0 Å². The Kier molecular flexibility index (Phi) is 2.83. The zero-order valence-electron chi connectivity index (χ0n) is 10.2. The summed E-state index contributed by atoms with van der Waals surface area (Å²) < 4.78 is 10.5. The first-order valence-corrected chi connectivity index (χ1v) is 6.25. The first-order chi connectivity index (χ1) is 8.74. The Morgan fingerprint density at radius 2 is 2.33 bits per heavy atom. The molecule has 1 aliphatic rings. The van der Waals surface area contributed by atoms with E-state index in [1.54, 1.807) is 6.07 Å². The molecule has 1 fully saturated rings. The lowest BCUT2D eigenvalue weighted by atomic mass is 9.89. The van der Waals surface area contributed by atoms with Crippen LogP contribution in [-0.2, 0) is 4.74 Å². The molecule has 0 atom stereocenters. The Balaban J connectivity index is 1.67. The molecule has 2 aromatic rings. The summed E-state index contributed by atoms with van der Waals surface area (Å²) in [5, 5.41) is 3.42. The van der Waals surface area contributed by atoms with E-state index in [2.05, 4.69) is 10.3 Å². The second kappa shape index (κ2) is 4.49. The average Bonchev–Trinajstić information content (AvgIpc) is 2.65. The van der Waals surface area contributed by atoms with Crippen LogP contribution in [-0.4, -0.2) is 23.7 Å². The van der Waals surface area contributed by atoms with Gasteiger partial charge in [-0.3, -0.25) is 4.98 Å². The number of benzene rings is 1. The molecule has 0 bridgehead atoms. The lowest BCUT2D eigenvalue weighted by molar-refractivity contribution is 0.00299. The van der Waals surface area contributed by atoms with E-state index >= 15 is 0 Å². The SMILES string of the molecule is CCOC1CC(Nc2ccc3oc(=O)[nH]c3c2)C1. The summed E-state index contributed by atoms with van der Waals surface area (Å²) >= 11 is 0.